The first kappa shape index (κ1) is 15.6. The molecule has 0 nitrogen and oxygen atoms in total. The Hall–Kier alpha value is -0.600. The molecule has 4 fully saturated rings. The molecule has 0 heterocycles. The molecular weight excluding hydrogens is 424 g/mol. The highest BCUT2D eigenvalue weighted by atomic mass is 79.9. The van der Waals surface area contributed by atoms with E-state index in [1.165, 1.54) is 47.5 Å². The quantitative estimate of drug-likeness (QED) is 0.466. The fourth-order valence-electron chi connectivity index (χ4n) is 6.56. The molecule has 4 bridgehead atoms. The van der Waals surface area contributed by atoms with Crippen molar-refractivity contribution in [2.24, 2.45) is 11.8 Å². The summed E-state index contributed by atoms with van der Waals surface area (Å²) in [5.74, 6) is 1.82. The topological polar surface area (TPSA) is 0 Å². The Morgan fingerprint density at radius 3 is 1.96 bits per heavy atom. The van der Waals surface area contributed by atoms with E-state index in [-0.39, 0.29) is 0 Å². The monoisotopic (exact) mass is 444 g/mol. The van der Waals surface area contributed by atoms with Crippen molar-refractivity contribution < 1.29 is 0 Å². The van der Waals surface area contributed by atoms with Gasteiger partial charge in [-0.25, -0.2) is 0 Å². The smallest absolute Gasteiger partial charge is 0.0178 e. The fraction of sp³-hybridized carbons (Fsp3) is 0.455. The van der Waals surface area contributed by atoms with Crippen LogP contribution in [0, 0.1) is 11.8 Å². The molecule has 0 radical (unpaired) electrons. The predicted octanol–water partition coefficient (Wildman–Crippen LogP) is 7.00. The first-order chi connectivity index (χ1) is 11.6. The Morgan fingerprint density at radius 1 is 0.708 bits per heavy atom. The summed E-state index contributed by atoms with van der Waals surface area (Å²) >= 11 is 7.31. The summed E-state index contributed by atoms with van der Waals surface area (Å²) in [4.78, 5) is 0. The van der Waals surface area contributed by atoms with Gasteiger partial charge in [-0.05, 0) is 96.6 Å². The third-order valence-corrected chi connectivity index (χ3v) is 7.98. The van der Waals surface area contributed by atoms with Crippen LogP contribution in [0.4, 0.5) is 0 Å². The molecule has 0 spiro atoms. The Labute approximate surface area is 161 Å². The molecule has 2 aromatic rings. The third kappa shape index (κ3) is 2.36. The van der Waals surface area contributed by atoms with Gasteiger partial charge in [-0.1, -0.05) is 56.1 Å². The highest BCUT2D eigenvalue weighted by Crippen LogP contribution is 2.66. The molecule has 124 valence electrons. The van der Waals surface area contributed by atoms with Crippen molar-refractivity contribution in [2.75, 3.05) is 0 Å². The van der Waals surface area contributed by atoms with Crippen molar-refractivity contribution >= 4 is 31.9 Å². The van der Waals surface area contributed by atoms with Crippen LogP contribution in [0.2, 0.25) is 0 Å². The zero-order chi connectivity index (χ0) is 16.4. The van der Waals surface area contributed by atoms with E-state index in [1.807, 2.05) is 0 Å². The zero-order valence-corrected chi connectivity index (χ0v) is 16.9. The lowest BCUT2D eigenvalue weighted by Gasteiger charge is -2.63. The number of hydrogen-bond acceptors (Lipinski definition) is 0. The summed E-state index contributed by atoms with van der Waals surface area (Å²) < 4.78 is 2.42. The van der Waals surface area contributed by atoms with E-state index < -0.39 is 0 Å². The molecule has 0 N–H and O–H groups in total. The minimum absolute atomic E-state index is 0.404. The van der Waals surface area contributed by atoms with Crippen LogP contribution in [0.1, 0.15) is 49.7 Å². The molecule has 4 aliphatic carbocycles. The predicted molar refractivity (Wildman–Crippen MR) is 106 cm³/mol. The molecule has 2 aromatic carbocycles. The summed E-state index contributed by atoms with van der Waals surface area (Å²) in [5, 5.41) is 0. The molecule has 0 amide bonds. The van der Waals surface area contributed by atoms with Gasteiger partial charge in [0.15, 0.2) is 0 Å². The van der Waals surface area contributed by atoms with Crippen molar-refractivity contribution in [2.45, 2.75) is 49.4 Å². The van der Waals surface area contributed by atoms with Crippen LogP contribution in [-0.2, 0) is 10.8 Å². The minimum Gasteiger partial charge on any atom is -0.0609 e. The van der Waals surface area contributed by atoms with E-state index in [0.29, 0.717) is 10.8 Å². The van der Waals surface area contributed by atoms with E-state index in [0.717, 1.165) is 11.8 Å². The van der Waals surface area contributed by atoms with Crippen LogP contribution >= 0.6 is 31.9 Å². The van der Waals surface area contributed by atoms with Crippen LogP contribution in [0.25, 0.3) is 0 Å². The van der Waals surface area contributed by atoms with Crippen LogP contribution in [0.5, 0.6) is 0 Å². The number of rotatable bonds is 2. The number of benzene rings is 2. The Kier molecular flexibility index (Phi) is 3.55. The summed E-state index contributed by atoms with van der Waals surface area (Å²) in [6.45, 7) is 0. The Bertz CT molecular complexity index is 763. The fourth-order valence-corrected chi connectivity index (χ4v) is 7.22. The third-order valence-electron chi connectivity index (χ3n) is 6.95. The maximum atomic E-state index is 3.70. The average Bonchev–Trinajstić information content (AvgIpc) is 2.54. The van der Waals surface area contributed by atoms with Gasteiger partial charge in [0.05, 0.1) is 0 Å². The van der Waals surface area contributed by atoms with Crippen molar-refractivity contribution in [3.8, 4) is 0 Å². The van der Waals surface area contributed by atoms with Gasteiger partial charge in [0.2, 0.25) is 0 Å². The summed E-state index contributed by atoms with van der Waals surface area (Å²) in [6.07, 6.45) is 8.41. The van der Waals surface area contributed by atoms with Gasteiger partial charge in [0.25, 0.3) is 0 Å². The lowest BCUT2D eigenvalue weighted by molar-refractivity contribution is -0.0281. The van der Waals surface area contributed by atoms with Crippen molar-refractivity contribution in [1.29, 1.82) is 0 Å². The molecule has 24 heavy (non-hydrogen) atoms. The average molecular weight is 446 g/mol. The van der Waals surface area contributed by atoms with Crippen molar-refractivity contribution in [1.82, 2.24) is 0 Å². The molecule has 4 saturated carbocycles. The van der Waals surface area contributed by atoms with Crippen LogP contribution in [0.3, 0.4) is 0 Å². The maximum absolute atomic E-state index is 3.70. The maximum Gasteiger partial charge on any atom is 0.0178 e. The van der Waals surface area contributed by atoms with Gasteiger partial charge in [0, 0.05) is 8.95 Å². The molecule has 0 aromatic heterocycles. The van der Waals surface area contributed by atoms with Crippen LogP contribution < -0.4 is 0 Å². The molecule has 6 rings (SSSR count). The second kappa shape index (κ2) is 5.45. The Morgan fingerprint density at radius 2 is 1.33 bits per heavy atom. The van der Waals surface area contributed by atoms with Crippen LogP contribution in [0.15, 0.2) is 57.5 Å². The molecular formula is C22H22Br2. The van der Waals surface area contributed by atoms with E-state index in [1.54, 1.807) is 11.1 Å². The normalized spacial score (nSPS) is 36.9. The SMILES string of the molecule is Brc1ccc(C23CC4CC(C2)CC(c2cccc(Br)c2)(C4)C3)cc1. The molecule has 4 aliphatic rings. The number of halogens is 2. The first-order valence-electron chi connectivity index (χ1n) is 9.09. The zero-order valence-electron chi connectivity index (χ0n) is 13.8. The van der Waals surface area contributed by atoms with E-state index in [2.05, 4.69) is 80.4 Å². The van der Waals surface area contributed by atoms with Gasteiger partial charge >= 0.3 is 0 Å². The molecule has 0 saturated heterocycles. The molecule has 2 heteroatoms. The summed E-state index contributed by atoms with van der Waals surface area (Å²) in [5.41, 5.74) is 3.97. The summed E-state index contributed by atoms with van der Waals surface area (Å²) in [6, 6.07) is 18.4. The van der Waals surface area contributed by atoms with E-state index in [9.17, 15) is 0 Å². The van der Waals surface area contributed by atoms with Gasteiger partial charge in [-0.15, -0.1) is 0 Å². The summed E-state index contributed by atoms with van der Waals surface area (Å²) in [7, 11) is 0. The molecule has 2 unspecified atom stereocenters. The van der Waals surface area contributed by atoms with Crippen LogP contribution in [-0.4, -0.2) is 0 Å². The first-order valence-corrected chi connectivity index (χ1v) is 10.7. The standard InChI is InChI=1S/C22H22Br2/c23-19-6-4-17(5-7-19)21-10-15-8-16(11-21)13-22(12-15,14-21)18-2-1-3-20(24)9-18/h1-7,9,15-16H,8,10-14H2. The van der Waals surface area contributed by atoms with E-state index in [4.69, 9.17) is 0 Å². The molecule has 0 aliphatic heterocycles. The highest BCUT2D eigenvalue weighted by Gasteiger charge is 2.58. The van der Waals surface area contributed by atoms with Gasteiger partial charge in [0.1, 0.15) is 0 Å². The van der Waals surface area contributed by atoms with Gasteiger partial charge in [-0.2, -0.15) is 0 Å². The Balaban J connectivity index is 1.61. The lowest BCUT2D eigenvalue weighted by atomic mass is 9.42. The minimum atomic E-state index is 0.404. The van der Waals surface area contributed by atoms with Gasteiger partial charge in [-0.3, -0.25) is 0 Å². The van der Waals surface area contributed by atoms with Gasteiger partial charge < -0.3 is 0 Å². The second-order valence-corrected chi connectivity index (χ2v) is 10.4. The van der Waals surface area contributed by atoms with E-state index >= 15 is 0 Å². The van der Waals surface area contributed by atoms with Crippen molar-refractivity contribution in [3.63, 3.8) is 0 Å². The van der Waals surface area contributed by atoms with Crippen molar-refractivity contribution in [3.05, 3.63) is 68.6 Å². The lowest BCUT2D eigenvalue weighted by Crippen LogP contribution is -2.55. The molecule has 2 atom stereocenters. The second-order valence-electron chi connectivity index (χ2n) is 8.54. The highest BCUT2D eigenvalue weighted by molar-refractivity contribution is 9.10. The number of hydrogen-bond donors (Lipinski definition) is 0. The largest absolute Gasteiger partial charge is 0.0609 e.